The molecule has 0 aliphatic carbocycles. The minimum atomic E-state index is -1.23. The first kappa shape index (κ1) is 52.7. The van der Waals surface area contributed by atoms with Crippen molar-refractivity contribution in [2.45, 2.75) is 0 Å². The number of hydrogen-bond acceptors (Lipinski definition) is 0. The maximum atomic E-state index is 13.9. The Kier molecular flexibility index (Phi) is 14.7. The summed E-state index contributed by atoms with van der Waals surface area (Å²) in [6.45, 7) is 0. The van der Waals surface area contributed by atoms with Gasteiger partial charge in [0.2, 0.25) is 0 Å². The third kappa shape index (κ3) is 14.8. The molecule has 7 heterocycles. The second kappa shape index (κ2) is 31.3. The monoisotopic (exact) mass is 1670 g/mol. The van der Waals surface area contributed by atoms with Gasteiger partial charge in [0.05, 0.1) is 32.9 Å². The number of fused-ring (bicyclic) bond motifs is 21. The molecular formula is C91H63Cl8F6N7. The minimum absolute atomic E-state index is 0.0158. The van der Waals surface area contributed by atoms with E-state index in [-0.39, 0.29) is 147 Å². The van der Waals surface area contributed by atoms with Crippen LogP contribution in [-0.4, -0.2) is 32.0 Å². The molecular weight excluding hydrogens is 1590 g/mol. The largest absolute Gasteiger partial charge is 0.344 e. The molecule has 14 aromatic carbocycles. The van der Waals surface area contributed by atoms with Crippen molar-refractivity contribution in [1.82, 2.24) is 32.0 Å². The molecule has 112 heavy (non-hydrogen) atoms. The van der Waals surface area contributed by atoms with E-state index >= 15 is 0 Å². The molecule has 7 nitrogen and oxygen atoms in total. The Labute approximate surface area is 711 Å². The van der Waals surface area contributed by atoms with Crippen LogP contribution in [0.4, 0.5) is 26.3 Å². The van der Waals surface area contributed by atoms with Crippen LogP contribution in [0.3, 0.4) is 0 Å². The lowest BCUT2D eigenvalue weighted by atomic mass is 10.1. The van der Waals surface area contributed by atoms with Gasteiger partial charge in [-0.15, -0.1) is 0 Å². The van der Waals surface area contributed by atoms with Gasteiger partial charge in [-0.3, -0.25) is 0 Å². The van der Waals surface area contributed by atoms with E-state index in [9.17, 15) is 26.3 Å². The molecule has 0 fully saturated rings. The van der Waals surface area contributed by atoms with E-state index in [1.807, 2.05) is 55.1 Å². The summed E-state index contributed by atoms with van der Waals surface area (Å²) < 4.78 is 281. The van der Waals surface area contributed by atoms with Crippen molar-refractivity contribution in [1.29, 1.82) is 0 Å². The molecule has 0 aliphatic heterocycles. The summed E-state index contributed by atoms with van der Waals surface area (Å²) in [5, 5.41) is 8.63. The summed E-state index contributed by atoms with van der Waals surface area (Å²) >= 11 is 47.9. The normalized spacial score (nSPS) is 14.4. The van der Waals surface area contributed by atoms with Gasteiger partial charge >= 0.3 is 0 Å². The predicted octanol–water partition coefficient (Wildman–Crippen LogP) is 29.4. The van der Waals surface area contributed by atoms with Gasteiger partial charge in [0, 0.05) is 242 Å². The van der Waals surface area contributed by atoms with Crippen LogP contribution in [0.15, 0.2) is 254 Å². The third-order valence-corrected chi connectivity index (χ3v) is 20.4. The molecule has 0 bridgehead atoms. The Bertz CT molecular complexity index is 7930. The van der Waals surface area contributed by atoms with Crippen molar-refractivity contribution in [3.05, 3.63) is 329 Å². The average molecular weight is 1680 g/mol. The first-order valence-corrected chi connectivity index (χ1v) is 36.1. The highest BCUT2D eigenvalue weighted by molar-refractivity contribution is 6.36. The van der Waals surface area contributed by atoms with Crippen molar-refractivity contribution >= 4 is 245 Å². The molecule has 0 aliphatic rings. The van der Waals surface area contributed by atoms with Crippen molar-refractivity contribution in [3.8, 4) is 0 Å². The number of benzene rings is 14. The van der Waals surface area contributed by atoms with E-state index in [1.165, 1.54) is 68.2 Å². The smallest absolute Gasteiger partial charge is 0.123 e. The molecule has 0 saturated carbocycles. The second-order valence-electron chi connectivity index (χ2n) is 25.2. The standard InChI is InChI=1S/4C13H9Cl2N.3C13H9F2N/c7*1-16-12-4-2-8(14)6-10(12)11-7-9(15)3-5-13(11)16/h7*2-7H,1H3/i2D,3D,4D,5D,6D,7D;2D,3D,6D,7D;2D,3D;;2D,3D,4D,5D,6D,7D;2D,3D,6D,7D;2D,3D. The fourth-order valence-electron chi connectivity index (χ4n) is 13.4. The van der Waals surface area contributed by atoms with Crippen LogP contribution in [0.2, 0.25) is 40.2 Å². The van der Waals surface area contributed by atoms with Crippen LogP contribution in [0.5, 0.6) is 0 Å². The number of rotatable bonds is 0. The van der Waals surface area contributed by atoms with E-state index in [0.29, 0.717) is 76.8 Å². The predicted molar refractivity (Wildman–Crippen MR) is 463 cm³/mol. The van der Waals surface area contributed by atoms with Crippen LogP contribution >= 0.6 is 92.8 Å². The first-order chi connectivity index (χ1) is 63.7. The lowest BCUT2D eigenvalue weighted by Gasteiger charge is -1.97. The van der Waals surface area contributed by atoms with Gasteiger partial charge in [0.15, 0.2) is 0 Å². The molecule has 0 N–H and O–H groups in total. The molecule has 21 heteroatoms. The molecule has 7 aromatic heterocycles. The van der Waals surface area contributed by atoms with Gasteiger partial charge in [-0.1, -0.05) is 92.8 Å². The zero-order valence-corrected chi connectivity index (χ0v) is 64.9. The molecule has 0 radical (unpaired) electrons. The van der Waals surface area contributed by atoms with Crippen molar-refractivity contribution in [2.75, 3.05) is 0 Å². The summed E-state index contributed by atoms with van der Waals surface area (Å²) in [7, 11) is 12.1. The van der Waals surface area contributed by atoms with Crippen LogP contribution < -0.4 is 0 Å². The van der Waals surface area contributed by atoms with Crippen LogP contribution in [0, 0.1) is 34.9 Å². The molecule has 21 rings (SSSR count). The topological polar surface area (TPSA) is 34.5 Å². The highest BCUT2D eigenvalue weighted by Crippen LogP contribution is 2.39. The SMILES string of the molecule is Cn1c2ccc(Cl)cc2c2cc(Cl)ccc21.[2H]c1c(Cl)c([2H])c2c3c([2H])c(Cl)c([2H])c([2H])c3n(C)c2c1[2H].[2H]c1c(F)c([2H])c2c3c([2H])c(F)c([2H])c([2H])c3n(C)c2c1[2H].[2H]c1cc2c(c([2H])c1Cl)c1c([2H])c(Cl)c([2H])cc1n2C.[2H]c1cc2c(c([2H])c1F)c1c([2H])c(F)c([2H])cc1n2C.[2H]c1cc2c(cc1Cl)c1cc(Cl)c([2H])cc1n2C.[2H]c1cc2c(cc1F)c1cc(F)c([2H])cc1n2C. The zero-order valence-electron chi connectivity index (χ0n) is 82.8. The van der Waals surface area contributed by atoms with Crippen LogP contribution in [-0.2, 0) is 49.3 Å². The second-order valence-corrected chi connectivity index (χ2v) is 28.4. The zero-order chi connectivity index (χ0) is 99.9. The molecule has 0 spiro atoms. The third-order valence-electron chi connectivity index (χ3n) is 18.7. The molecule has 560 valence electrons. The van der Waals surface area contributed by atoms with Gasteiger partial charge in [0.1, 0.15) is 34.9 Å². The number of halogens is 14. The lowest BCUT2D eigenvalue weighted by Crippen LogP contribution is -1.86. The van der Waals surface area contributed by atoms with Gasteiger partial charge in [-0.25, -0.2) is 26.3 Å². The first-order valence-electron chi connectivity index (χ1n) is 45.1. The fraction of sp³-hybridized carbons (Fsp3) is 0.0769. The highest BCUT2D eigenvalue weighted by atomic mass is 35.5. The lowest BCUT2D eigenvalue weighted by molar-refractivity contribution is 0.628. The molecule has 0 saturated heterocycles. The molecule has 0 atom stereocenters. The maximum absolute atomic E-state index is 13.9. The van der Waals surface area contributed by atoms with Gasteiger partial charge < -0.3 is 32.0 Å². The van der Waals surface area contributed by atoms with Crippen molar-refractivity contribution in [3.63, 3.8) is 0 Å². The average Bonchev–Trinajstić information content (AvgIpc) is 1.54. The maximum Gasteiger partial charge on any atom is 0.123 e. The van der Waals surface area contributed by atoms with Crippen LogP contribution in [0.1, 0.15) is 32.9 Å². The van der Waals surface area contributed by atoms with Crippen molar-refractivity contribution in [2.24, 2.45) is 49.3 Å². The van der Waals surface area contributed by atoms with E-state index in [0.717, 1.165) is 42.6 Å². The molecule has 0 amide bonds. The summed E-state index contributed by atoms with van der Waals surface area (Å²) in [5.41, 5.74) is 7.90. The van der Waals surface area contributed by atoms with E-state index in [2.05, 4.69) is 4.57 Å². The van der Waals surface area contributed by atoms with Crippen LogP contribution in [0.25, 0.3) is 153 Å². The Morgan fingerprint density at radius 1 is 0.179 bits per heavy atom. The number of nitrogens with zero attached hydrogens (tertiary/aromatic N) is 7. The summed E-state index contributed by atoms with van der Waals surface area (Å²) in [4.78, 5) is 0. The summed E-state index contributed by atoms with van der Waals surface area (Å²) in [6, 6.07) is 23.0. The molecule has 21 aromatic rings. The Morgan fingerprint density at radius 2 is 0.375 bits per heavy atom. The Balaban J connectivity index is 0.000000121. The number of hydrogen-bond donors (Lipinski definition) is 0. The minimum Gasteiger partial charge on any atom is -0.344 e. The molecule has 0 unspecified atom stereocenters. The van der Waals surface area contributed by atoms with E-state index < -0.39 is 95.3 Å². The number of aryl methyl sites for hydroxylation is 7. The number of aromatic nitrogens is 7. The van der Waals surface area contributed by atoms with E-state index in [1.54, 1.807) is 73.7 Å². The van der Waals surface area contributed by atoms with Crippen molar-refractivity contribution < 1.29 is 59.2 Å². The van der Waals surface area contributed by atoms with Gasteiger partial charge in [-0.2, -0.15) is 0 Å². The highest BCUT2D eigenvalue weighted by Gasteiger charge is 2.17. The fourth-order valence-corrected chi connectivity index (χ4v) is 14.7. The Hall–Kier alpha value is -10.4. The van der Waals surface area contributed by atoms with Gasteiger partial charge in [0.25, 0.3) is 0 Å². The Morgan fingerprint density at radius 3 is 0.696 bits per heavy atom. The quantitative estimate of drug-likeness (QED) is 0.136. The summed E-state index contributed by atoms with van der Waals surface area (Å²) in [6.07, 6.45) is 0. The van der Waals surface area contributed by atoms with E-state index in [4.69, 9.17) is 126 Å². The summed E-state index contributed by atoms with van der Waals surface area (Å²) in [5.74, 6) is -5.73. The van der Waals surface area contributed by atoms with Gasteiger partial charge in [-0.05, 0) is 254 Å².